The molecule has 7 unspecified atom stereocenters. The second-order valence-electron chi connectivity index (χ2n) is 13.8. The van der Waals surface area contributed by atoms with Gasteiger partial charge in [0.2, 0.25) is 0 Å². The van der Waals surface area contributed by atoms with E-state index in [1.54, 1.807) is 5.57 Å². The summed E-state index contributed by atoms with van der Waals surface area (Å²) in [5, 5.41) is 4.04. The lowest BCUT2D eigenvalue weighted by atomic mass is 9.77. The molecule has 1 fully saturated rings. The quantitative estimate of drug-likeness (QED) is 0.338. The summed E-state index contributed by atoms with van der Waals surface area (Å²) in [6, 6.07) is 11.9. The van der Waals surface area contributed by atoms with Crippen LogP contribution in [-0.2, 0) is 0 Å². The van der Waals surface area contributed by atoms with Crippen molar-refractivity contribution < 1.29 is 0 Å². The minimum atomic E-state index is 0.367. The molecule has 0 spiro atoms. The molecule has 6 aliphatic carbocycles. The Morgan fingerprint density at radius 2 is 1.59 bits per heavy atom. The lowest BCUT2D eigenvalue weighted by molar-refractivity contribution is 0.287. The number of nitrogens with one attached hydrogen (secondary N) is 1. The summed E-state index contributed by atoms with van der Waals surface area (Å²) in [6.07, 6.45) is 46.9. The first-order valence-corrected chi connectivity index (χ1v) is 17.3. The summed E-state index contributed by atoms with van der Waals surface area (Å²) in [4.78, 5) is 2.80. The fourth-order valence-corrected chi connectivity index (χ4v) is 8.93. The van der Waals surface area contributed by atoms with Crippen LogP contribution in [0.3, 0.4) is 0 Å². The smallest absolute Gasteiger partial charge is 0.0568 e. The third-order valence-electron chi connectivity index (χ3n) is 11.3. The Kier molecular flexibility index (Phi) is 7.76. The monoisotopic (exact) mass is 578 g/mol. The first kappa shape index (κ1) is 27.7. The van der Waals surface area contributed by atoms with Crippen LogP contribution in [0.5, 0.6) is 0 Å². The van der Waals surface area contributed by atoms with Gasteiger partial charge in [-0.1, -0.05) is 115 Å². The van der Waals surface area contributed by atoms with Crippen LogP contribution in [0.4, 0.5) is 0 Å². The summed E-state index contributed by atoms with van der Waals surface area (Å²) < 4.78 is 0. The minimum absolute atomic E-state index is 0.367. The van der Waals surface area contributed by atoms with E-state index in [1.807, 2.05) is 0 Å². The number of likely N-dealkylation sites (tertiary alicyclic amines) is 1. The molecule has 1 aliphatic heterocycles. The van der Waals surface area contributed by atoms with Gasteiger partial charge in [0.15, 0.2) is 0 Å². The number of benzene rings is 1. The molecule has 0 radical (unpaired) electrons. The van der Waals surface area contributed by atoms with E-state index in [9.17, 15) is 0 Å². The maximum atomic E-state index is 4.04. The highest BCUT2D eigenvalue weighted by Gasteiger charge is 2.48. The van der Waals surface area contributed by atoms with E-state index in [-0.39, 0.29) is 0 Å². The largest absolute Gasteiger partial charge is 0.361 e. The zero-order valence-corrected chi connectivity index (χ0v) is 25.9. The van der Waals surface area contributed by atoms with Crippen molar-refractivity contribution in [2.45, 2.75) is 75.8 Å². The molecule has 1 aromatic rings. The average molecular weight is 579 g/mol. The fourth-order valence-electron chi connectivity index (χ4n) is 8.93. The summed E-state index contributed by atoms with van der Waals surface area (Å²) >= 11 is 0. The van der Waals surface area contributed by atoms with E-state index >= 15 is 0 Å². The van der Waals surface area contributed by atoms with Crippen LogP contribution in [0.1, 0.15) is 69.3 Å². The molecule has 1 saturated heterocycles. The van der Waals surface area contributed by atoms with Gasteiger partial charge in [0.1, 0.15) is 0 Å². The zero-order chi connectivity index (χ0) is 29.3. The van der Waals surface area contributed by atoms with Gasteiger partial charge in [-0.2, -0.15) is 0 Å². The lowest BCUT2D eigenvalue weighted by Crippen LogP contribution is -2.38. The van der Waals surface area contributed by atoms with Gasteiger partial charge < -0.3 is 10.2 Å². The molecular weight excluding hydrogens is 532 g/mol. The molecule has 0 aromatic heterocycles. The van der Waals surface area contributed by atoms with Crippen LogP contribution in [0.25, 0.3) is 0 Å². The predicted octanol–water partition coefficient (Wildman–Crippen LogP) is 9.76. The Balaban J connectivity index is 1.10. The van der Waals surface area contributed by atoms with Crippen molar-refractivity contribution in [3.63, 3.8) is 0 Å². The highest BCUT2D eigenvalue weighted by Crippen LogP contribution is 2.49. The molecule has 44 heavy (non-hydrogen) atoms. The molecule has 0 saturated carbocycles. The van der Waals surface area contributed by atoms with E-state index in [2.05, 4.69) is 132 Å². The molecule has 7 aliphatic rings. The van der Waals surface area contributed by atoms with E-state index < -0.39 is 0 Å². The van der Waals surface area contributed by atoms with Crippen LogP contribution in [0, 0.1) is 23.7 Å². The van der Waals surface area contributed by atoms with Crippen LogP contribution in [0.15, 0.2) is 150 Å². The van der Waals surface area contributed by atoms with Crippen molar-refractivity contribution in [1.82, 2.24) is 10.2 Å². The predicted molar refractivity (Wildman–Crippen MR) is 183 cm³/mol. The highest BCUT2D eigenvalue weighted by molar-refractivity contribution is 5.47. The van der Waals surface area contributed by atoms with Gasteiger partial charge in [-0.05, 0) is 92.9 Å². The van der Waals surface area contributed by atoms with Crippen molar-refractivity contribution in [2.24, 2.45) is 23.7 Å². The molecule has 2 heteroatoms. The fraction of sp³-hybridized carbons (Fsp3) is 0.381. The van der Waals surface area contributed by atoms with Crippen molar-refractivity contribution in [2.75, 3.05) is 0 Å². The van der Waals surface area contributed by atoms with Crippen LogP contribution >= 0.6 is 0 Å². The second-order valence-corrected chi connectivity index (χ2v) is 13.8. The van der Waals surface area contributed by atoms with Gasteiger partial charge in [-0.15, -0.1) is 0 Å². The molecule has 1 N–H and O–H groups in total. The van der Waals surface area contributed by atoms with Gasteiger partial charge in [0, 0.05) is 34.8 Å². The molecule has 1 heterocycles. The highest BCUT2D eigenvalue weighted by atomic mass is 15.2. The molecule has 2 nitrogen and oxygen atoms in total. The molecule has 0 amide bonds. The first-order valence-electron chi connectivity index (χ1n) is 17.3. The number of rotatable bonds is 6. The number of fused-ring (bicyclic) bond motifs is 3. The Bertz CT molecular complexity index is 1550. The minimum Gasteiger partial charge on any atom is -0.361 e. The van der Waals surface area contributed by atoms with E-state index in [1.165, 1.54) is 60.3 Å². The van der Waals surface area contributed by atoms with Crippen LogP contribution < -0.4 is 5.32 Å². The SMILES string of the molecule is C1=CCC(C2=CC3C4C=CC=CC4N(C4=CC=C(C5CC=CCC5)CC4)C3C=C2NC2=CCC(c3ccccc3)CC2)C=C1. The maximum Gasteiger partial charge on any atom is 0.0568 e. The summed E-state index contributed by atoms with van der Waals surface area (Å²) in [7, 11) is 0. The van der Waals surface area contributed by atoms with Crippen LogP contribution in [0.2, 0.25) is 0 Å². The Hall–Kier alpha value is -3.78. The van der Waals surface area contributed by atoms with Gasteiger partial charge in [-0.3, -0.25) is 0 Å². The molecule has 7 atom stereocenters. The third kappa shape index (κ3) is 5.38. The summed E-state index contributed by atoms with van der Waals surface area (Å²) in [6.45, 7) is 0. The molecular formula is C42H46N2. The van der Waals surface area contributed by atoms with E-state index in [0.29, 0.717) is 35.8 Å². The maximum absolute atomic E-state index is 4.04. The Morgan fingerprint density at radius 1 is 0.682 bits per heavy atom. The van der Waals surface area contributed by atoms with E-state index in [0.717, 1.165) is 31.6 Å². The molecule has 0 bridgehead atoms. The molecule has 224 valence electrons. The van der Waals surface area contributed by atoms with Gasteiger partial charge in [0.05, 0.1) is 12.1 Å². The zero-order valence-electron chi connectivity index (χ0n) is 25.9. The topological polar surface area (TPSA) is 15.3 Å². The standard InChI is InChI=1S/C42H46N2/c1-4-12-30(13-5-1)32-20-24-35(25-21-32)43-40-29-42-39(28-38(40)34-16-8-3-9-17-34)37-18-10-11-19-41(37)44(42)36-26-22-33(23-27-36)31-14-6-2-7-15-31/h1-6,8-13,16,18-19,22,24,26,28-29,31-32,34,37,39,41-43H,7,14-15,17,20-21,23,25,27H2. The van der Waals surface area contributed by atoms with Gasteiger partial charge in [-0.25, -0.2) is 0 Å². The lowest BCUT2D eigenvalue weighted by Gasteiger charge is -2.38. The summed E-state index contributed by atoms with van der Waals surface area (Å²) in [5.74, 6) is 2.80. The number of allylic oxidation sites excluding steroid dienone is 15. The second kappa shape index (κ2) is 12.3. The summed E-state index contributed by atoms with van der Waals surface area (Å²) in [5.41, 5.74) is 8.91. The Labute approximate surface area is 264 Å². The van der Waals surface area contributed by atoms with Crippen molar-refractivity contribution in [1.29, 1.82) is 0 Å². The number of nitrogens with zero attached hydrogens (tertiary/aromatic N) is 1. The number of hydrogen-bond acceptors (Lipinski definition) is 2. The van der Waals surface area contributed by atoms with Crippen molar-refractivity contribution in [3.8, 4) is 0 Å². The van der Waals surface area contributed by atoms with Gasteiger partial charge >= 0.3 is 0 Å². The number of hydrogen-bond donors (Lipinski definition) is 1. The first-order chi connectivity index (χ1) is 21.8. The van der Waals surface area contributed by atoms with Crippen molar-refractivity contribution >= 4 is 0 Å². The normalized spacial score (nSPS) is 34.0. The molecule has 8 rings (SSSR count). The van der Waals surface area contributed by atoms with Crippen molar-refractivity contribution in [3.05, 3.63) is 155 Å². The van der Waals surface area contributed by atoms with E-state index in [4.69, 9.17) is 0 Å². The Morgan fingerprint density at radius 3 is 2.36 bits per heavy atom. The van der Waals surface area contributed by atoms with Gasteiger partial charge in [0.25, 0.3) is 0 Å². The van der Waals surface area contributed by atoms with Crippen LogP contribution in [-0.4, -0.2) is 17.0 Å². The third-order valence-corrected chi connectivity index (χ3v) is 11.3. The molecule has 1 aromatic carbocycles. The average Bonchev–Trinajstić information content (AvgIpc) is 3.42.